The van der Waals surface area contributed by atoms with Crippen molar-refractivity contribution in [2.75, 3.05) is 5.75 Å². The van der Waals surface area contributed by atoms with Gasteiger partial charge in [0.25, 0.3) is 0 Å². The van der Waals surface area contributed by atoms with Crippen LogP contribution in [0, 0.1) is 16.7 Å². The summed E-state index contributed by atoms with van der Waals surface area (Å²) in [4.78, 5) is 0. The average molecular weight is 212 g/mol. The van der Waals surface area contributed by atoms with Crippen molar-refractivity contribution < 1.29 is 4.74 Å². The molecule has 0 amide bonds. The molecule has 3 rings (SSSR count). The number of hydrogen-bond acceptors (Lipinski definition) is 2. The molecule has 14 heavy (non-hydrogen) atoms. The predicted octanol–water partition coefficient (Wildman–Crippen LogP) is 3.29. The monoisotopic (exact) mass is 212 g/mol. The molecular formula is C12H20OS. The quantitative estimate of drug-likeness (QED) is 0.609. The highest BCUT2D eigenvalue weighted by Crippen LogP contribution is 2.69. The van der Waals surface area contributed by atoms with Gasteiger partial charge in [-0.1, -0.05) is 13.8 Å². The van der Waals surface area contributed by atoms with Crippen LogP contribution in [0.1, 0.15) is 40.0 Å². The second-order valence-corrected chi connectivity index (χ2v) is 7.14. The Kier molecular flexibility index (Phi) is 1.84. The molecule has 4 unspecified atom stereocenters. The van der Waals surface area contributed by atoms with E-state index in [0.717, 1.165) is 5.92 Å². The Morgan fingerprint density at radius 3 is 2.86 bits per heavy atom. The van der Waals surface area contributed by atoms with E-state index < -0.39 is 0 Å². The Balaban J connectivity index is 1.97. The van der Waals surface area contributed by atoms with Crippen LogP contribution in [0.25, 0.3) is 0 Å². The first-order valence-electron chi connectivity index (χ1n) is 5.83. The van der Waals surface area contributed by atoms with Crippen LogP contribution >= 0.6 is 11.8 Å². The van der Waals surface area contributed by atoms with Gasteiger partial charge in [-0.3, -0.25) is 0 Å². The molecule has 1 heterocycles. The molecule has 2 bridgehead atoms. The molecular weight excluding hydrogens is 192 g/mol. The largest absolute Gasteiger partial charge is 0.364 e. The summed E-state index contributed by atoms with van der Waals surface area (Å²) in [5.41, 5.74) is 1.49. The lowest BCUT2D eigenvalue weighted by Crippen LogP contribution is -2.46. The van der Waals surface area contributed by atoms with Gasteiger partial charge >= 0.3 is 0 Å². The third kappa shape index (κ3) is 0.923. The van der Waals surface area contributed by atoms with E-state index in [0.29, 0.717) is 22.4 Å². The minimum Gasteiger partial charge on any atom is -0.364 e. The van der Waals surface area contributed by atoms with E-state index in [1.807, 2.05) is 11.8 Å². The van der Waals surface area contributed by atoms with Crippen LogP contribution in [-0.4, -0.2) is 17.3 Å². The third-order valence-electron chi connectivity index (χ3n) is 5.29. The van der Waals surface area contributed by atoms with Gasteiger partial charge in [-0.2, -0.15) is 0 Å². The van der Waals surface area contributed by atoms with E-state index in [1.165, 1.54) is 25.0 Å². The van der Waals surface area contributed by atoms with Gasteiger partial charge in [0.05, 0.1) is 6.10 Å². The topological polar surface area (TPSA) is 9.23 Å². The Bertz CT molecular complexity index is 263. The highest BCUT2D eigenvalue weighted by Gasteiger charge is 2.65. The van der Waals surface area contributed by atoms with E-state index in [4.69, 9.17) is 4.74 Å². The minimum absolute atomic E-state index is 0.431. The first-order chi connectivity index (χ1) is 6.56. The van der Waals surface area contributed by atoms with Gasteiger partial charge in [0.2, 0.25) is 0 Å². The van der Waals surface area contributed by atoms with Gasteiger partial charge in [-0.25, -0.2) is 0 Å². The molecule has 0 aromatic carbocycles. The summed E-state index contributed by atoms with van der Waals surface area (Å²) >= 11 is 2.02. The summed E-state index contributed by atoms with van der Waals surface area (Å²) in [6, 6.07) is 0. The van der Waals surface area contributed by atoms with Crippen LogP contribution in [0.15, 0.2) is 0 Å². The third-order valence-corrected chi connectivity index (χ3v) is 6.55. The van der Waals surface area contributed by atoms with Gasteiger partial charge in [0.1, 0.15) is 5.44 Å². The summed E-state index contributed by atoms with van der Waals surface area (Å²) in [6.45, 7) is 7.16. The molecule has 0 N–H and O–H groups in total. The highest BCUT2D eigenvalue weighted by molar-refractivity contribution is 7.99. The van der Waals surface area contributed by atoms with Gasteiger partial charge in [-0.15, -0.1) is 11.8 Å². The molecule has 0 aromatic heterocycles. The average Bonchev–Trinajstić information content (AvgIpc) is 2.49. The van der Waals surface area contributed by atoms with E-state index in [2.05, 4.69) is 20.8 Å². The number of hydrogen-bond donors (Lipinski definition) is 0. The van der Waals surface area contributed by atoms with Crippen molar-refractivity contribution in [3.05, 3.63) is 0 Å². The summed E-state index contributed by atoms with van der Waals surface area (Å²) in [5, 5.41) is 0. The fourth-order valence-electron chi connectivity index (χ4n) is 4.07. The van der Waals surface area contributed by atoms with Gasteiger partial charge in [0.15, 0.2) is 0 Å². The summed E-state index contributed by atoms with van der Waals surface area (Å²) in [5.74, 6) is 2.26. The summed E-state index contributed by atoms with van der Waals surface area (Å²) in [7, 11) is 0. The van der Waals surface area contributed by atoms with Crippen molar-refractivity contribution in [2.24, 2.45) is 16.7 Å². The zero-order chi connectivity index (χ0) is 9.97. The van der Waals surface area contributed by atoms with E-state index in [-0.39, 0.29) is 0 Å². The second kappa shape index (κ2) is 2.70. The highest BCUT2D eigenvalue weighted by atomic mass is 32.2. The maximum Gasteiger partial charge on any atom is 0.100 e. The van der Waals surface area contributed by atoms with Crippen LogP contribution in [0.2, 0.25) is 0 Å². The van der Waals surface area contributed by atoms with Gasteiger partial charge in [0, 0.05) is 11.2 Å². The zero-order valence-corrected chi connectivity index (χ0v) is 10.2. The smallest absolute Gasteiger partial charge is 0.100 e. The van der Waals surface area contributed by atoms with Crippen LogP contribution in [-0.2, 0) is 4.74 Å². The number of ether oxygens (including phenoxy) is 1. The van der Waals surface area contributed by atoms with E-state index in [9.17, 15) is 0 Å². The fraction of sp³-hybridized carbons (Fsp3) is 1.00. The molecule has 1 spiro atoms. The normalized spacial score (nSPS) is 54.6. The van der Waals surface area contributed by atoms with Gasteiger partial charge in [-0.05, 0) is 37.5 Å². The van der Waals surface area contributed by atoms with Crippen LogP contribution < -0.4 is 0 Å². The standard InChI is InChI=1S/C12H20OS/c1-8-13-10-6-9-4-5-12(10,7-14-8)11(9,2)3/h8-10H,4-7H2,1-3H3. The molecule has 1 aliphatic heterocycles. The molecule has 2 aliphatic carbocycles. The Labute approximate surface area is 91.0 Å². The molecule has 0 radical (unpaired) electrons. The Morgan fingerprint density at radius 1 is 1.36 bits per heavy atom. The summed E-state index contributed by atoms with van der Waals surface area (Å²) < 4.78 is 6.13. The molecule has 3 aliphatic rings. The number of thioether (sulfide) groups is 1. The SMILES string of the molecule is CC1OC2CC3CCC2(CS1)C3(C)C. The number of rotatable bonds is 0. The lowest BCUT2D eigenvalue weighted by Gasteiger charge is -2.46. The minimum atomic E-state index is 0.431. The van der Waals surface area contributed by atoms with Crippen molar-refractivity contribution in [2.45, 2.75) is 51.6 Å². The predicted molar refractivity (Wildman–Crippen MR) is 60.3 cm³/mol. The van der Waals surface area contributed by atoms with Crippen molar-refractivity contribution in [1.29, 1.82) is 0 Å². The lowest BCUT2D eigenvalue weighted by molar-refractivity contribution is -0.0606. The maximum absolute atomic E-state index is 6.13. The second-order valence-electron chi connectivity index (χ2n) is 5.85. The zero-order valence-electron chi connectivity index (χ0n) is 9.38. The number of fused-ring (bicyclic) bond motifs is 1. The van der Waals surface area contributed by atoms with Crippen molar-refractivity contribution in [3.8, 4) is 0 Å². The molecule has 0 aromatic rings. The van der Waals surface area contributed by atoms with Crippen LogP contribution in [0.5, 0.6) is 0 Å². The van der Waals surface area contributed by atoms with Gasteiger partial charge < -0.3 is 4.74 Å². The first-order valence-corrected chi connectivity index (χ1v) is 6.88. The van der Waals surface area contributed by atoms with E-state index >= 15 is 0 Å². The molecule has 2 heteroatoms. The van der Waals surface area contributed by atoms with Crippen LogP contribution in [0.3, 0.4) is 0 Å². The molecule has 3 fully saturated rings. The molecule has 1 saturated heterocycles. The molecule has 80 valence electrons. The first kappa shape index (κ1) is 9.53. The molecule has 4 atom stereocenters. The van der Waals surface area contributed by atoms with Crippen molar-refractivity contribution in [3.63, 3.8) is 0 Å². The van der Waals surface area contributed by atoms with Crippen molar-refractivity contribution >= 4 is 11.8 Å². The summed E-state index contributed by atoms with van der Waals surface area (Å²) in [6.07, 6.45) is 4.77. The Hall–Kier alpha value is 0.310. The van der Waals surface area contributed by atoms with Crippen LogP contribution in [0.4, 0.5) is 0 Å². The lowest BCUT2D eigenvalue weighted by atomic mass is 9.69. The van der Waals surface area contributed by atoms with Crippen molar-refractivity contribution in [1.82, 2.24) is 0 Å². The van der Waals surface area contributed by atoms with E-state index in [1.54, 1.807) is 0 Å². The fourth-order valence-corrected chi connectivity index (χ4v) is 5.51. The molecule has 2 saturated carbocycles. The molecule has 1 nitrogen and oxygen atoms in total. The maximum atomic E-state index is 6.13. The Morgan fingerprint density at radius 2 is 2.14 bits per heavy atom.